The Bertz CT molecular complexity index is 542. The van der Waals surface area contributed by atoms with E-state index in [2.05, 4.69) is 22.3 Å². The summed E-state index contributed by atoms with van der Waals surface area (Å²) in [5.41, 5.74) is 1.22. The Balaban J connectivity index is 1.54. The summed E-state index contributed by atoms with van der Waals surface area (Å²) in [6.07, 6.45) is 3.19. The molecular weight excluding hydrogens is 304 g/mol. The summed E-state index contributed by atoms with van der Waals surface area (Å²) in [6.45, 7) is 5.22. The average Bonchev–Trinajstić information content (AvgIpc) is 2.89. The first-order chi connectivity index (χ1) is 11.7. The number of ether oxygens (including phenoxy) is 1. The third kappa shape index (κ3) is 4.08. The Hall–Kier alpha value is -1.59. The molecule has 5 nitrogen and oxygen atoms in total. The predicted molar refractivity (Wildman–Crippen MR) is 92.7 cm³/mol. The van der Waals surface area contributed by atoms with Crippen LogP contribution >= 0.6 is 0 Å². The molecule has 2 atom stereocenters. The van der Waals surface area contributed by atoms with Crippen molar-refractivity contribution in [2.75, 3.05) is 26.3 Å². The Morgan fingerprint density at radius 3 is 2.62 bits per heavy atom. The monoisotopic (exact) mass is 332 g/mol. The quantitative estimate of drug-likeness (QED) is 0.799. The van der Waals surface area contributed by atoms with Crippen LogP contribution in [0.1, 0.15) is 31.7 Å². The Labute approximate surface area is 144 Å². The van der Waals surface area contributed by atoms with E-state index in [4.69, 9.17) is 4.74 Å². The molecule has 2 aliphatic rings. The number of rotatable bonds is 7. The highest BCUT2D eigenvalue weighted by atomic mass is 16.5. The second kappa shape index (κ2) is 7.99. The van der Waals surface area contributed by atoms with Gasteiger partial charge in [0.05, 0.1) is 6.61 Å². The minimum Gasteiger partial charge on any atom is -0.494 e. The summed E-state index contributed by atoms with van der Waals surface area (Å²) in [5.74, 6) is 1.38. The molecule has 5 heteroatoms. The predicted octanol–water partition coefficient (Wildman–Crippen LogP) is 1.79. The van der Waals surface area contributed by atoms with Gasteiger partial charge >= 0.3 is 0 Å². The van der Waals surface area contributed by atoms with Gasteiger partial charge in [-0.25, -0.2) is 0 Å². The van der Waals surface area contributed by atoms with Crippen molar-refractivity contribution < 1.29 is 14.6 Å². The van der Waals surface area contributed by atoms with Crippen molar-refractivity contribution in [3.8, 4) is 5.75 Å². The van der Waals surface area contributed by atoms with Crippen molar-refractivity contribution in [2.24, 2.45) is 11.8 Å². The van der Waals surface area contributed by atoms with Crippen LogP contribution in [-0.4, -0.2) is 48.3 Å². The lowest BCUT2D eigenvalue weighted by Crippen LogP contribution is -2.45. The molecule has 132 valence electrons. The Kier molecular flexibility index (Phi) is 5.74. The van der Waals surface area contributed by atoms with Gasteiger partial charge in [-0.05, 0) is 37.5 Å². The van der Waals surface area contributed by atoms with Gasteiger partial charge in [0.15, 0.2) is 0 Å². The molecule has 1 aliphatic carbocycles. The number of hydrogen-bond acceptors (Lipinski definition) is 4. The maximum absolute atomic E-state index is 12.2. The standard InChI is InChI=1S/C19H28N2O3/c1-2-24-17-8-6-14(7-9-17)10-21-11-16(13-22)18(12-21)20-19(23)15-4-3-5-15/h6-9,15-16,18,22H,2-5,10-13H2,1H3,(H,20,23)/t16-,18+/m0/s1. The molecule has 1 aliphatic heterocycles. The first-order valence-corrected chi connectivity index (χ1v) is 9.05. The molecule has 1 heterocycles. The molecule has 2 fully saturated rings. The van der Waals surface area contributed by atoms with Crippen LogP contribution in [-0.2, 0) is 11.3 Å². The fourth-order valence-corrected chi connectivity index (χ4v) is 3.53. The van der Waals surface area contributed by atoms with Gasteiger partial charge in [0.1, 0.15) is 5.75 Å². The zero-order chi connectivity index (χ0) is 16.9. The van der Waals surface area contributed by atoms with E-state index < -0.39 is 0 Å². The highest BCUT2D eigenvalue weighted by molar-refractivity contribution is 5.79. The van der Waals surface area contributed by atoms with E-state index in [0.717, 1.165) is 44.6 Å². The molecule has 1 aromatic rings. The zero-order valence-corrected chi connectivity index (χ0v) is 14.4. The van der Waals surface area contributed by atoms with Crippen LogP contribution in [0.15, 0.2) is 24.3 Å². The van der Waals surface area contributed by atoms with E-state index in [1.807, 2.05) is 19.1 Å². The maximum atomic E-state index is 12.2. The fourth-order valence-electron chi connectivity index (χ4n) is 3.53. The third-order valence-electron chi connectivity index (χ3n) is 5.20. The molecule has 1 amide bonds. The summed E-state index contributed by atoms with van der Waals surface area (Å²) in [4.78, 5) is 14.5. The van der Waals surface area contributed by atoms with Crippen molar-refractivity contribution in [3.05, 3.63) is 29.8 Å². The molecule has 24 heavy (non-hydrogen) atoms. The van der Waals surface area contributed by atoms with Gasteiger partial charge in [0.2, 0.25) is 5.91 Å². The van der Waals surface area contributed by atoms with Gasteiger partial charge in [-0.15, -0.1) is 0 Å². The van der Waals surface area contributed by atoms with Crippen molar-refractivity contribution in [1.82, 2.24) is 10.2 Å². The van der Waals surface area contributed by atoms with E-state index in [1.54, 1.807) is 0 Å². The summed E-state index contributed by atoms with van der Waals surface area (Å²) in [7, 11) is 0. The number of aliphatic hydroxyl groups is 1. The summed E-state index contributed by atoms with van der Waals surface area (Å²) >= 11 is 0. The number of carbonyl (C=O) groups is 1. The summed E-state index contributed by atoms with van der Waals surface area (Å²) in [6, 6.07) is 8.21. The molecule has 3 rings (SSSR count). The van der Waals surface area contributed by atoms with E-state index in [1.165, 1.54) is 5.56 Å². The maximum Gasteiger partial charge on any atom is 0.223 e. The van der Waals surface area contributed by atoms with Crippen molar-refractivity contribution in [2.45, 2.75) is 38.8 Å². The van der Waals surface area contributed by atoms with Crippen LogP contribution in [0, 0.1) is 11.8 Å². The SMILES string of the molecule is CCOc1ccc(CN2C[C@@H](CO)[C@H](NC(=O)C3CCC3)C2)cc1. The second-order valence-electron chi connectivity index (χ2n) is 6.96. The molecule has 0 spiro atoms. The van der Waals surface area contributed by atoms with Gasteiger partial charge in [-0.1, -0.05) is 18.6 Å². The van der Waals surface area contributed by atoms with Gasteiger partial charge in [0, 0.05) is 44.1 Å². The van der Waals surface area contributed by atoms with Gasteiger partial charge < -0.3 is 15.2 Å². The van der Waals surface area contributed by atoms with Gasteiger partial charge in [-0.3, -0.25) is 9.69 Å². The van der Waals surface area contributed by atoms with Crippen molar-refractivity contribution >= 4 is 5.91 Å². The highest BCUT2D eigenvalue weighted by Gasteiger charge is 2.35. The third-order valence-corrected chi connectivity index (χ3v) is 5.20. The molecule has 1 saturated heterocycles. The van der Waals surface area contributed by atoms with Crippen LogP contribution < -0.4 is 10.1 Å². The number of benzene rings is 1. The first-order valence-electron chi connectivity index (χ1n) is 9.05. The van der Waals surface area contributed by atoms with Crippen molar-refractivity contribution in [1.29, 1.82) is 0 Å². The number of aliphatic hydroxyl groups excluding tert-OH is 1. The van der Waals surface area contributed by atoms with Crippen LogP contribution in [0.2, 0.25) is 0 Å². The normalized spacial score (nSPS) is 24.6. The Morgan fingerprint density at radius 1 is 1.29 bits per heavy atom. The number of carbonyl (C=O) groups excluding carboxylic acids is 1. The molecule has 1 aromatic carbocycles. The topological polar surface area (TPSA) is 61.8 Å². The van der Waals surface area contributed by atoms with E-state index in [9.17, 15) is 9.90 Å². The van der Waals surface area contributed by atoms with E-state index >= 15 is 0 Å². The number of amides is 1. The second-order valence-corrected chi connectivity index (χ2v) is 6.96. The molecule has 1 saturated carbocycles. The zero-order valence-electron chi connectivity index (χ0n) is 14.4. The van der Waals surface area contributed by atoms with Crippen LogP contribution in [0.4, 0.5) is 0 Å². The number of likely N-dealkylation sites (tertiary alicyclic amines) is 1. The average molecular weight is 332 g/mol. The van der Waals surface area contributed by atoms with Crippen molar-refractivity contribution in [3.63, 3.8) is 0 Å². The summed E-state index contributed by atoms with van der Waals surface area (Å²) in [5, 5.41) is 12.8. The highest BCUT2D eigenvalue weighted by Crippen LogP contribution is 2.27. The van der Waals surface area contributed by atoms with Gasteiger partial charge in [-0.2, -0.15) is 0 Å². The van der Waals surface area contributed by atoms with Crippen LogP contribution in [0.25, 0.3) is 0 Å². The number of nitrogens with zero attached hydrogens (tertiary/aromatic N) is 1. The first kappa shape index (κ1) is 17.2. The number of nitrogens with one attached hydrogen (secondary N) is 1. The lowest BCUT2D eigenvalue weighted by Gasteiger charge is -2.27. The van der Waals surface area contributed by atoms with Gasteiger partial charge in [0.25, 0.3) is 0 Å². The van der Waals surface area contributed by atoms with E-state index in [-0.39, 0.29) is 30.4 Å². The minimum atomic E-state index is 0.0609. The van der Waals surface area contributed by atoms with Crippen LogP contribution in [0.3, 0.4) is 0 Å². The summed E-state index contributed by atoms with van der Waals surface area (Å²) < 4.78 is 5.47. The smallest absolute Gasteiger partial charge is 0.223 e. The van der Waals surface area contributed by atoms with Crippen LogP contribution in [0.5, 0.6) is 5.75 Å². The fraction of sp³-hybridized carbons (Fsp3) is 0.632. The molecule has 0 radical (unpaired) electrons. The number of hydrogen-bond donors (Lipinski definition) is 2. The molecular formula is C19H28N2O3. The molecule has 0 bridgehead atoms. The molecule has 2 N–H and O–H groups in total. The minimum absolute atomic E-state index is 0.0609. The van der Waals surface area contributed by atoms with E-state index in [0.29, 0.717) is 6.61 Å². The lowest BCUT2D eigenvalue weighted by molar-refractivity contribution is -0.128. The molecule has 0 aromatic heterocycles. The largest absolute Gasteiger partial charge is 0.494 e. The molecule has 0 unspecified atom stereocenters. The lowest BCUT2D eigenvalue weighted by atomic mass is 9.84. The Morgan fingerprint density at radius 2 is 2.04 bits per heavy atom.